The second-order valence-electron chi connectivity index (χ2n) is 6.08. The molecule has 0 bridgehead atoms. The van der Waals surface area contributed by atoms with Gasteiger partial charge in [0.25, 0.3) is 0 Å². The minimum atomic E-state index is -3.52. The minimum Gasteiger partial charge on any atom is -0.369 e. The fourth-order valence-corrected chi connectivity index (χ4v) is 4.92. The van der Waals surface area contributed by atoms with Crippen LogP contribution in [0.3, 0.4) is 0 Å². The summed E-state index contributed by atoms with van der Waals surface area (Å²) in [6.07, 6.45) is 3.33. The lowest BCUT2D eigenvalue weighted by atomic mass is 10.2. The van der Waals surface area contributed by atoms with E-state index < -0.39 is 10.0 Å². The zero-order valence-corrected chi connectivity index (χ0v) is 14.6. The molecule has 25 heavy (non-hydrogen) atoms. The highest BCUT2D eigenvalue weighted by molar-refractivity contribution is 7.89. The molecule has 4 rings (SSSR count). The van der Waals surface area contributed by atoms with Crippen LogP contribution in [0.1, 0.15) is 0 Å². The van der Waals surface area contributed by atoms with Crippen LogP contribution in [0.4, 0.5) is 5.69 Å². The predicted molar refractivity (Wildman–Crippen MR) is 99.2 cm³/mol. The highest BCUT2D eigenvalue weighted by Gasteiger charge is 2.29. The zero-order valence-electron chi connectivity index (χ0n) is 13.7. The summed E-state index contributed by atoms with van der Waals surface area (Å²) in [5, 5.41) is 1.56. The van der Waals surface area contributed by atoms with Gasteiger partial charge in [-0.2, -0.15) is 4.31 Å². The lowest BCUT2D eigenvalue weighted by Crippen LogP contribution is -2.48. The number of aromatic nitrogens is 1. The Labute approximate surface area is 147 Å². The molecule has 3 aromatic rings. The molecule has 1 aromatic heterocycles. The first-order valence-electron chi connectivity index (χ1n) is 8.29. The van der Waals surface area contributed by atoms with Crippen molar-refractivity contribution in [3.8, 4) is 0 Å². The van der Waals surface area contributed by atoms with Gasteiger partial charge in [-0.15, -0.1) is 0 Å². The van der Waals surface area contributed by atoms with E-state index in [9.17, 15) is 8.42 Å². The number of pyridine rings is 1. The molecule has 128 valence electrons. The molecule has 1 fully saturated rings. The monoisotopic (exact) mass is 353 g/mol. The van der Waals surface area contributed by atoms with Gasteiger partial charge in [-0.3, -0.25) is 4.98 Å². The van der Waals surface area contributed by atoms with Crippen LogP contribution < -0.4 is 4.90 Å². The summed E-state index contributed by atoms with van der Waals surface area (Å²) < 4.78 is 27.8. The van der Waals surface area contributed by atoms with Crippen molar-refractivity contribution in [2.45, 2.75) is 4.90 Å². The fraction of sp³-hybridized carbons (Fsp3) is 0.211. The van der Waals surface area contributed by atoms with Crippen molar-refractivity contribution in [3.63, 3.8) is 0 Å². The maximum atomic E-state index is 13.1. The number of fused-ring (bicyclic) bond motifs is 1. The summed E-state index contributed by atoms with van der Waals surface area (Å²) in [4.78, 5) is 6.66. The standard InChI is InChI=1S/C19H19N3O2S/c23-25(24,19-8-4-5-16-15-20-10-9-18(16)19)22-13-11-21(12-14-22)17-6-2-1-3-7-17/h1-10,15H,11-14H2. The van der Waals surface area contributed by atoms with Gasteiger partial charge in [0.05, 0.1) is 4.90 Å². The van der Waals surface area contributed by atoms with Gasteiger partial charge >= 0.3 is 0 Å². The molecule has 0 amide bonds. The van der Waals surface area contributed by atoms with Crippen molar-refractivity contribution in [1.82, 2.24) is 9.29 Å². The van der Waals surface area contributed by atoms with Gasteiger partial charge < -0.3 is 4.90 Å². The predicted octanol–water partition coefficient (Wildman–Crippen LogP) is 2.75. The van der Waals surface area contributed by atoms with Gasteiger partial charge in [0.15, 0.2) is 0 Å². The third-order valence-corrected chi connectivity index (χ3v) is 6.58. The summed E-state index contributed by atoms with van der Waals surface area (Å²) in [6.45, 7) is 2.35. The molecular weight excluding hydrogens is 334 g/mol. The third kappa shape index (κ3) is 2.99. The van der Waals surface area contributed by atoms with Crippen LogP contribution in [-0.2, 0) is 10.0 Å². The number of rotatable bonds is 3. The lowest BCUT2D eigenvalue weighted by Gasteiger charge is -2.35. The number of benzene rings is 2. The zero-order chi connectivity index (χ0) is 17.3. The van der Waals surface area contributed by atoms with E-state index in [1.54, 1.807) is 34.9 Å². The van der Waals surface area contributed by atoms with Gasteiger partial charge in [-0.05, 0) is 24.3 Å². The number of nitrogens with zero attached hydrogens (tertiary/aromatic N) is 3. The smallest absolute Gasteiger partial charge is 0.243 e. The number of hydrogen-bond donors (Lipinski definition) is 0. The Hall–Kier alpha value is -2.44. The number of piperazine rings is 1. The lowest BCUT2D eigenvalue weighted by molar-refractivity contribution is 0.385. The highest BCUT2D eigenvalue weighted by Crippen LogP contribution is 2.26. The molecule has 0 radical (unpaired) electrons. The van der Waals surface area contributed by atoms with Crippen molar-refractivity contribution in [1.29, 1.82) is 0 Å². The molecular formula is C19H19N3O2S. The Morgan fingerprint density at radius 3 is 2.36 bits per heavy atom. The summed E-state index contributed by atoms with van der Waals surface area (Å²) in [5.74, 6) is 0. The minimum absolute atomic E-state index is 0.362. The van der Waals surface area contributed by atoms with Crippen molar-refractivity contribution >= 4 is 26.5 Å². The molecule has 0 spiro atoms. The molecule has 0 N–H and O–H groups in total. The van der Waals surface area contributed by atoms with Gasteiger partial charge in [-0.1, -0.05) is 30.3 Å². The molecule has 0 aliphatic carbocycles. The molecule has 5 nitrogen and oxygen atoms in total. The maximum absolute atomic E-state index is 13.1. The van der Waals surface area contributed by atoms with Crippen molar-refractivity contribution in [3.05, 3.63) is 67.0 Å². The van der Waals surface area contributed by atoms with Crippen LogP contribution in [0.15, 0.2) is 71.9 Å². The Morgan fingerprint density at radius 2 is 1.60 bits per heavy atom. The third-order valence-electron chi connectivity index (χ3n) is 4.62. The SMILES string of the molecule is O=S(=O)(c1cccc2cnccc12)N1CCN(c2ccccc2)CC1. The quantitative estimate of drug-likeness (QED) is 0.727. The van der Waals surface area contributed by atoms with E-state index in [0.717, 1.165) is 16.5 Å². The van der Waals surface area contributed by atoms with E-state index in [4.69, 9.17) is 0 Å². The van der Waals surface area contributed by atoms with E-state index in [1.807, 2.05) is 24.3 Å². The molecule has 0 unspecified atom stereocenters. The van der Waals surface area contributed by atoms with Gasteiger partial charge in [0, 0.05) is 55.0 Å². The molecule has 0 atom stereocenters. The Balaban J connectivity index is 1.60. The largest absolute Gasteiger partial charge is 0.369 e. The van der Waals surface area contributed by atoms with Crippen LogP contribution in [0, 0.1) is 0 Å². The molecule has 1 saturated heterocycles. The molecule has 1 aliphatic heterocycles. The first-order valence-corrected chi connectivity index (χ1v) is 9.73. The first-order chi connectivity index (χ1) is 12.2. The van der Waals surface area contributed by atoms with E-state index >= 15 is 0 Å². The van der Waals surface area contributed by atoms with E-state index in [0.29, 0.717) is 31.1 Å². The van der Waals surface area contributed by atoms with Crippen molar-refractivity contribution < 1.29 is 8.42 Å². The van der Waals surface area contributed by atoms with Gasteiger partial charge in [0.2, 0.25) is 10.0 Å². The average molecular weight is 353 g/mol. The van der Waals surface area contributed by atoms with Crippen LogP contribution >= 0.6 is 0 Å². The number of para-hydroxylation sites is 1. The molecule has 1 aliphatic rings. The summed E-state index contributed by atoms with van der Waals surface area (Å²) >= 11 is 0. The molecule has 2 aromatic carbocycles. The summed E-state index contributed by atoms with van der Waals surface area (Å²) in [5.41, 5.74) is 1.13. The Kier molecular flexibility index (Phi) is 4.15. The normalized spacial score (nSPS) is 16.2. The van der Waals surface area contributed by atoms with Crippen LogP contribution in [-0.4, -0.2) is 43.9 Å². The molecule has 0 saturated carbocycles. The Bertz CT molecular complexity index is 976. The summed E-state index contributed by atoms with van der Waals surface area (Å²) in [6, 6.07) is 17.2. The topological polar surface area (TPSA) is 53.5 Å². The van der Waals surface area contributed by atoms with Gasteiger partial charge in [0.1, 0.15) is 0 Å². The molecule has 6 heteroatoms. The average Bonchev–Trinajstić information content (AvgIpc) is 2.68. The highest BCUT2D eigenvalue weighted by atomic mass is 32.2. The van der Waals surface area contributed by atoms with Crippen molar-refractivity contribution in [2.24, 2.45) is 0 Å². The van der Waals surface area contributed by atoms with Crippen LogP contribution in [0.2, 0.25) is 0 Å². The van der Waals surface area contributed by atoms with E-state index in [-0.39, 0.29) is 0 Å². The number of anilines is 1. The van der Waals surface area contributed by atoms with E-state index in [1.165, 1.54) is 0 Å². The second-order valence-corrected chi connectivity index (χ2v) is 7.99. The number of sulfonamides is 1. The molecule has 2 heterocycles. The fourth-order valence-electron chi connectivity index (χ4n) is 3.28. The Morgan fingerprint density at radius 1 is 0.840 bits per heavy atom. The second kappa shape index (κ2) is 6.46. The van der Waals surface area contributed by atoms with Crippen molar-refractivity contribution in [2.75, 3.05) is 31.1 Å². The number of hydrogen-bond acceptors (Lipinski definition) is 4. The van der Waals surface area contributed by atoms with E-state index in [2.05, 4.69) is 22.0 Å². The van der Waals surface area contributed by atoms with Gasteiger partial charge in [-0.25, -0.2) is 8.42 Å². The summed E-state index contributed by atoms with van der Waals surface area (Å²) in [7, 11) is -3.52. The first kappa shape index (κ1) is 16.1. The van der Waals surface area contributed by atoms with Crippen LogP contribution in [0.5, 0.6) is 0 Å². The maximum Gasteiger partial charge on any atom is 0.243 e. The van der Waals surface area contributed by atoms with Crippen LogP contribution in [0.25, 0.3) is 10.8 Å².